The highest BCUT2D eigenvalue weighted by Gasteiger charge is 2.45. The van der Waals surface area contributed by atoms with Crippen LogP contribution < -0.4 is 31.1 Å². The van der Waals surface area contributed by atoms with Crippen LogP contribution in [0.2, 0.25) is 0 Å². The van der Waals surface area contributed by atoms with E-state index in [2.05, 4.69) is 321 Å². The zero-order chi connectivity index (χ0) is 57.8. The van der Waals surface area contributed by atoms with Crippen LogP contribution in [0.15, 0.2) is 247 Å². The number of furan rings is 1. The standard InChI is InChI=1S/C79H70BN3O/c1-51-19-14-15-22-64(51)55-31-46-70-69(47-55)80-68-45-44-63(81(59-40-32-56(33-41-59)77(2,3)4)60-42-34-57(35-43-60)78(5,6)7)50-71(68)83(62-36-27-53(28-37-62)52-20-12-11-13-21-52)73-49-58(79(8,9)10)48-72(75(73)80)82(70)61-38-29-54(30-39-61)65-24-18-25-67-66-23-16-17-26-74(66)84-76(65)67/h11-50H,1-10H3. The molecule has 0 saturated heterocycles. The van der Waals surface area contributed by atoms with Gasteiger partial charge in [-0.3, -0.25) is 0 Å². The van der Waals surface area contributed by atoms with Crippen LogP contribution in [-0.4, -0.2) is 6.71 Å². The van der Waals surface area contributed by atoms with Crippen molar-refractivity contribution in [2.75, 3.05) is 14.7 Å². The SMILES string of the molecule is Cc1ccccc1-c1ccc2c(c1)B1c3ccc(N(c4ccc(C(C)(C)C)cc4)c4ccc(C(C)(C)C)cc4)cc3N(c3ccc(-c4ccccc4)cc3)c3cc(C(C)(C)C)cc(c31)N2c1ccc(-c2cccc3c2oc2ccccc23)cc1. The topological polar surface area (TPSA) is 22.9 Å². The molecule has 0 bridgehead atoms. The zero-order valence-electron chi connectivity index (χ0n) is 49.9. The molecule has 0 aliphatic carbocycles. The van der Waals surface area contributed by atoms with Crippen LogP contribution in [0.3, 0.4) is 0 Å². The Bertz CT molecular complexity index is 4420. The predicted octanol–water partition coefficient (Wildman–Crippen LogP) is 20.3. The molecular formula is C79H70BN3O. The summed E-state index contributed by atoms with van der Waals surface area (Å²) < 4.78 is 6.60. The molecular weight excluding hydrogens is 1020 g/mol. The Kier molecular flexibility index (Phi) is 12.5. The fourth-order valence-corrected chi connectivity index (χ4v) is 13.0. The van der Waals surface area contributed by atoms with Crippen molar-refractivity contribution in [1.82, 2.24) is 0 Å². The summed E-state index contributed by atoms with van der Waals surface area (Å²) in [5, 5.41) is 2.26. The molecule has 12 aromatic rings. The highest BCUT2D eigenvalue weighted by Crippen LogP contribution is 2.49. The van der Waals surface area contributed by atoms with E-state index in [1.54, 1.807) is 0 Å². The Balaban J connectivity index is 1.02. The van der Waals surface area contributed by atoms with Crippen LogP contribution in [0.5, 0.6) is 0 Å². The maximum Gasteiger partial charge on any atom is 0.252 e. The molecule has 0 radical (unpaired) electrons. The third-order valence-corrected chi connectivity index (χ3v) is 17.7. The molecule has 84 heavy (non-hydrogen) atoms. The highest BCUT2D eigenvalue weighted by molar-refractivity contribution is 7.00. The third kappa shape index (κ3) is 9.09. The average molecular weight is 1090 g/mol. The van der Waals surface area contributed by atoms with Gasteiger partial charge in [0.1, 0.15) is 11.2 Å². The second-order valence-electron chi connectivity index (χ2n) is 26.3. The summed E-state index contributed by atoms with van der Waals surface area (Å²) >= 11 is 0. The van der Waals surface area contributed by atoms with Gasteiger partial charge < -0.3 is 19.1 Å². The average Bonchev–Trinajstić information content (AvgIpc) is 2.01. The molecule has 2 aliphatic rings. The van der Waals surface area contributed by atoms with Crippen LogP contribution in [0.1, 0.15) is 84.6 Å². The first-order chi connectivity index (χ1) is 40.5. The number of hydrogen-bond donors (Lipinski definition) is 0. The molecule has 0 fully saturated rings. The molecule has 11 aromatic carbocycles. The van der Waals surface area contributed by atoms with Crippen molar-refractivity contribution in [3.8, 4) is 33.4 Å². The maximum atomic E-state index is 6.60. The lowest BCUT2D eigenvalue weighted by Gasteiger charge is -2.45. The van der Waals surface area contributed by atoms with Gasteiger partial charge in [-0.1, -0.05) is 220 Å². The second kappa shape index (κ2) is 20.0. The van der Waals surface area contributed by atoms with E-state index in [1.807, 2.05) is 6.07 Å². The van der Waals surface area contributed by atoms with E-state index in [9.17, 15) is 0 Å². The molecule has 0 amide bonds. The summed E-state index contributed by atoms with van der Waals surface area (Å²) in [5.74, 6) is 0. The fourth-order valence-electron chi connectivity index (χ4n) is 13.0. The summed E-state index contributed by atoms with van der Waals surface area (Å²) in [7, 11) is 0. The van der Waals surface area contributed by atoms with Crippen molar-refractivity contribution >= 4 is 96.2 Å². The van der Waals surface area contributed by atoms with E-state index in [0.717, 1.165) is 67.2 Å². The molecule has 0 saturated carbocycles. The lowest BCUT2D eigenvalue weighted by Crippen LogP contribution is -2.61. The van der Waals surface area contributed by atoms with Gasteiger partial charge in [0, 0.05) is 67.5 Å². The Labute approximate surface area is 496 Å². The van der Waals surface area contributed by atoms with Crippen LogP contribution in [0.25, 0.3) is 55.3 Å². The van der Waals surface area contributed by atoms with Gasteiger partial charge in [0.15, 0.2) is 0 Å². The molecule has 14 rings (SSSR count). The van der Waals surface area contributed by atoms with Crippen LogP contribution >= 0.6 is 0 Å². The van der Waals surface area contributed by atoms with Gasteiger partial charge in [0.25, 0.3) is 6.71 Å². The number of fused-ring (bicyclic) bond motifs is 7. The largest absolute Gasteiger partial charge is 0.455 e. The van der Waals surface area contributed by atoms with Crippen molar-refractivity contribution in [2.45, 2.75) is 85.5 Å². The van der Waals surface area contributed by atoms with Crippen molar-refractivity contribution in [2.24, 2.45) is 0 Å². The second-order valence-corrected chi connectivity index (χ2v) is 26.3. The van der Waals surface area contributed by atoms with E-state index in [1.165, 1.54) is 78.0 Å². The van der Waals surface area contributed by atoms with Crippen molar-refractivity contribution in [3.05, 3.63) is 265 Å². The Hall–Kier alpha value is -9.32. The van der Waals surface area contributed by atoms with Crippen molar-refractivity contribution < 1.29 is 4.42 Å². The zero-order valence-corrected chi connectivity index (χ0v) is 49.9. The maximum absolute atomic E-state index is 6.60. The number of para-hydroxylation sites is 2. The Morgan fingerprint density at radius 1 is 0.357 bits per heavy atom. The first-order valence-electron chi connectivity index (χ1n) is 29.8. The summed E-state index contributed by atoms with van der Waals surface area (Å²) in [4.78, 5) is 7.58. The molecule has 410 valence electrons. The van der Waals surface area contributed by atoms with Crippen LogP contribution in [0, 0.1) is 6.92 Å². The van der Waals surface area contributed by atoms with E-state index < -0.39 is 0 Å². The van der Waals surface area contributed by atoms with Gasteiger partial charge in [-0.15, -0.1) is 0 Å². The molecule has 0 N–H and O–H groups in total. The summed E-state index contributed by atoms with van der Waals surface area (Å²) in [5.41, 5.74) is 27.8. The molecule has 0 spiro atoms. The van der Waals surface area contributed by atoms with Crippen LogP contribution in [-0.2, 0) is 16.2 Å². The number of aryl methyl sites for hydroxylation is 1. The molecule has 1 aromatic heterocycles. The monoisotopic (exact) mass is 1090 g/mol. The van der Waals surface area contributed by atoms with Crippen molar-refractivity contribution in [3.63, 3.8) is 0 Å². The van der Waals surface area contributed by atoms with E-state index in [-0.39, 0.29) is 23.0 Å². The van der Waals surface area contributed by atoms with E-state index in [0.29, 0.717) is 0 Å². The number of nitrogens with zero attached hydrogens (tertiary/aromatic N) is 3. The number of benzene rings is 11. The van der Waals surface area contributed by atoms with Gasteiger partial charge in [-0.2, -0.15) is 0 Å². The predicted molar refractivity (Wildman–Crippen MR) is 360 cm³/mol. The van der Waals surface area contributed by atoms with Crippen LogP contribution in [0.4, 0.5) is 51.2 Å². The molecule has 2 aliphatic heterocycles. The van der Waals surface area contributed by atoms with Gasteiger partial charge >= 0.3 is 0 Å². The Morgan fingerprint density at radius 2 is 0.869 bits per heavy atom. The molecule has 4 nitrogen and oxygen atoms in total. The van der Waals surface area contributed by atoms with Gasteiger partial charge in [-0.25, -0.2) is 0 Å². The molecule has 0 unspecified atom stereocenters. The summed E-state index contributed by atoms with van der Waals surface area (Å²) in [6.45, 7) is 22.9. The minimum absolute atomic E-state index is 0.0119. The first kappa shape index (κ1) is 52.7. The van der Waals surface area contributed by atoms with Gasteiger partial charge in [-0.05, 0) is 175 Å². The minimum Gasteiger partial charge on any atom is -0.455 e. The third-order valence-electron chi connectivity index (χ3n) is 17.7. The molecule has 0 atom stereocenters. The number of anilines is 9. The summed E-state index contributed by atoms with van der Waals surface area (Å²) in [6.07, 6.45) is 0. The first-order valence-corrected chi connectivity index (χ1v) is 29.8. The lowest BCUT2D eigenvalue weighted by molar-refractivity contribution is 0.590. The van der Waals surface area contributed by atoms with E-state index >= 15 is 0 Å². The normalized spacial score (nSPS) is 13.0. The van der Waals surface area contributed by atoms with Gasteiger partial charge in [0.05, 0.1) is 0 Å². The smallest absolute Gasteiger partial charge is 0.252 e. The lowest BCUT2D eigenvalue weighted by atomic mass is 9.33. The minimum atomic E-state index is -0.197. The number of hydrogen-bond acceptors (Lipinski definition) is 4. The van der Waals surface area contributed by atoms with Crippen molar-refractivity contribution in [1.29, 1.82) is 0 Å². The van der Waals surface area contributed by atoms with E-state index in [4.69, 9.17) is 4.42 Å². The van der Waals surface area contributed by atoms with Gasteiger partial charge in [0.2, 0.25) is 0 Å². The fraction of sp³-hybridized carbons (Fsp3) is 0.165. The Morgan fingerprint density at radius 3 is 1.49 bits per heavy atom. The summed E-state index contributed by atoms with van der Waals surface area (Å²) in [6, 6.07) is 90.8. The number of rotatable bonds is 8. The highest BCUT2D eigenvalue weighted by atomic mass is 16.3. The molecule has 5 heteroatoms. The quantitative estimate of drug-likeness (QED) is 0.141. The molecule has 3 heterocycles.